The van der Waals surface area contributed by atoms with Gasteiger partial charge in [0.2, 0.25) is 0 Å². The minimum atomic E-state index is -2.84. The minimum absolute atomic E-state index is 0.170. The normalized spacial score (nSPS) is 23.1. The van der Waals surface area contributed by atoms with Crippen molar-refractivity contribution < 1.29 is 8.42 Å². The second kappa shape index (κ2) is 5.48. The number of thiophene rings is 1. The van der Waals surface area contributed by atoms with Gasteiger partial charge in [0.25, 0.3) is 0 Å². The van der Waals surface area contributed by atoms with Crippen LogP contribution in [0.25, 0.3) is 0 Å². The maximum absolute atomic E-state index is 11.6. The topological polar surface area (TPSA) is 63.4 Å². The number of hydrogen-bond acceptors (Lipinski definition) is 5. The molecule has 2 rings (SSSR count). The van der Waals surface area contributed by atoms with Gasteiger partial charge in [0.15, 0.2) is 9.84 Å². The summed E-state index contributed by atoms with van der Waals surface area (Å²) in [6, 6.07) is 4.25. The van der Waals surface area contributed by atoms with Crippen LogP contribution in [0.3, 0.4) is 0 Å². The highest BCUT2D eigenvalue weighted by atomic mass is 32.2. The third-order valence-electron chi connectivity index (χ3n) is 3.13. The molecular formula is C11H18N2O2S2. The third-order valence-corrected chi connectivity index (χ3v) is 5.81. The predicted octanol–water partition coefficient (Wildman–Crippen LogP) is 0.868. The van der Waals surface area contributed by atoms with E-state index in [0.717, 1.165) is 6.54 Å². The van der Waals surface area contributed by atoms with Crippen LogP contribution in [-0.2, 0) is 9.84 Å². The highest BCUT2D eigenvalue weighted by molar-refractivity contribution is 7.91. The Morgan fingerprint density at radius 1 is 1.41 bits per heavy atom. The fraction of sp³-hybridized carbons (Fsp3) is 0.636. The van der Waals surface area contributed by atoms with Gasteiger partial charge in [-0.25, -0.2) is 8.42 Å². The lowest BCUT2D eigenvalue weighted by Gasteiger charge is -2.28. The van der Waals surface area contributed by atoms with E-state index in [4.69, 9.17) is 5.73 Å². The largest absolute Gasteiger partial charge is 0.329 e. The van der Waals surface area contributed by atoms with E-state index in [-0.39, 0.29) is 11.8 Å². The summed E-state index contributed by atoms with van der Waals surface area (Å²) in [5, 5.41) is 2.03. The van der Waals surface area contributed by atoms with Crippen molar-refractivity contribution in [2.45, 2.75) is 12.5 Å². The Kier molecular flexibility index (Phi) is 4.19. The maximum atomic E-state index is 11.6. The van der Waals surface area contributed by atoms with Crippen LogP contribution in [0.2, 0.25) is 0 Å². The van der Waals surface area contributed by atoms with Crippen molar-refractivity contribution in [3.05, 3.63) is 22.4 Å². The van der Waals surface area contributed by atoms with E-state index in [9.17, 15) is 8.42 Å². The summed E-state index contributed by atoms with van der Waals surface area (Å²) >= 11 is 1.68. The first-order valence-electron chi connectivity index (χ1n) is 5.80. The molecule has 0 bridgehead atoms. The molecule has 1 aliphatic heterocycles. The molecule has 1 saturated heterocycles. The Morgan fingerprint density at radius 2 is 2.24 bits per heavy atom. The quantitative estimate of drug-likeness (QED) is 0.888. The second-order valence-electron chi connectivity index (χ2n) is 4.31. The summed E-state index contributed by atoms with van der Waals surface area (Å²) in [6.07, 6.45) is 0.713. The van der Waals surface area contributed by atoms with E-state index < -0.39 is 9.84 Å². The van der Waals surface area contributed by atoms with Gasteiger partial charge >= 0.3 is 0 Å². The van der Waals surface area contributed by atoms with E-state index in [2.05, 4.69) is 11.0 Å². The monoisotopic (exact) mass is 274 g/mol. The van der Waals surface area contributed by atoms with Crippen LogP contribution >= 0.6 is 11.3 Å². The van der Waals surface area contributed by atoms with Crippen LogP contribution in [0.15, 0.2) is 17.5 Å². The molecule has 6 heteroatoms. The van der Waals surface area contributed by atoms with Gasteiger partial charge in [0.1, 0.15) is 0 Å². The number of hydrogen-bond donors (Lipinski definition) is 1. The summed E-state index contributed by atoms with van der Waals surface area (Å²) in [5.41, 5.74) is 5.83. The van der Waals surface area contributed by atoms with Gasteiger partial charge in [0, 0.05) is 18.0 Å². The van der Waals surface area contributed by atoms with Crippen molar-refractivity contribution >= 4 is 21.2 Å². The average molecular weight is 274 g/mol. The Bertz CT molecular complexity index is 442. The van der Waals surface area contributed by atoms with Crippen LogP contribution in [0.5, 0.6) is 0 Å². The predicted molar refractivity (Wildman–Crippen MR) is 71.0 cm³/mol. The van der Waals surface area contributed by atoms with Gasteiger partial charge in [-0.15, -0.1) is 11.3 Å². The van der Waals surface area contributed by atoms with Crippen LogP contribution in [0.1, 0.15) is 17.3 Å². The van der Waals surface area contributed by atoms with E-state index in [1.54, 1.807) is 11.3 Å². The van der Waals surface area contributed by atoms with Gasteiger partial charge < -0.3 is 5.73 Å². The molecule has 0 radical (unpaired) electrons. The van der Waals surface area contributed by atoms with Crippen LogP contribution in [0.4, 0.5) is 0 Å². The lowest BCUT2D eigenvalue weighted by molar-refractivity contribution is 0.221. The van der Waals surface area contributed by atoms with Crippen LogP contribution in [-0.4, -0.2) is 44.5 Å². The first-order chi connectivity index (χ1) is 8.12. The highest BCUT2D eigenvalue weighted by Gasteiger charge is 2.25. The Balaban J connectivity index is 2.10. The summed E-state index contributed by atoms with van der Waals surface area (Å²) in [4.78, 5) is 3.43. The van der Waals surface area contributed by atoms with Crippen molar-refractivity contribution in [1.82, 2.24) is 4.90 Å². The number of nitrogens with two attached hydrogens (primary N) is 1. The molecule has 1 unspecified atom stereocenters. The van der Waals surface area contributed by atoms with E-state index in [0.29, 0.717) is 25.3 Å². The zero-order valence-electron chi connectivity index (χ0n) is 9.71. The Labute approximate surface area is 106 Å². The molecule has 1 aromatic heterocycles. The lowest BCUT2D eigenvalue weighted by Crippen LogP contribution is -2.35. The minimum Gasteiger partial charge on any atom is -0.329 e. The lowest BCUT2D eigenvalue weighted by atomic mass is 10.2. The molecule has 1 atom stereocenters. The smallest absolute Gasteiger partial charge is 0.151 e. The molecule has 0 saturated carbocycles. The van der Waals surface area contributed by atoms with Crippen molar-refractivity contribution in [2.75, 3.05) is 31.1 Å². The summed E-state index contributed by atoms with van der Waals surface area (Å²) < 4.78 is 23.1. The maximum Gasteiger partial charge on any atom is 0.151 e. The summed E-state index contributed by atoms with van der Waals surface area (Å²) in [7, 11) is -2.84. The summed E-state index contributed by atoms with van der Waals surface area (Å²) in [5.74, 6) is 0.570. The second-order valence-corrected chi connectivity index (χ2v) is 7.59. The van der Waals surface area contributed by atoms with Crippen molar-refractivity contribution in [3.8, 4) is 0 Å². The van der Waals surface area contributed by atoms with Crippen molar-refractivity contribution in [2.24, 2.45) is 5.73 Å². The van der Waals surface area contributed by atoms with Gasteiger partial charge in [-0.1, -0.05) is 6.07 Å². The molecule has 1 aliphatic rings. The molecule has 0 amide bonds. The summed E-state index contributed by atoms with van der Waals surface area (Å²) in [6.45, 7) is 1.96. The molecule has 96 valence electrons. The van der Waals surface area contributed by atoms with Crippen LogP contribution < -0.4 is 5.73 Å². The molecular weight excluding hydrogens is 256 g/mol. The van der Waals surface area contributed by atoms with Gasteiger partial charge in [0.05, 0.1) is 17.5 Å². The SMILES string of the molecule is NCC(c1cccs1)N1CCCS(=O)(=O)CC1. The molecule has 0 spiro atoms. The van der Waals surface area contributed by atoms with Gasteiger partial charge in [-0.05, 0) is 24.4 Å². The number of rotatable bonds is 3. The zero-order chi connectivity index (χ0) is 12.3. The molecule has 1 aromatic rings. The fourth-order valence-electron chi connectivity index (χ4n) is 2.20. The van der Waals surface area contributed by atoms with E-state index >= 15 is 0 Å². The first-order valence-corrected chi connectivity index (χ1v) is 8.50. The van der Waals surface area contributed by atoms with Gasteiger partial charge in [-0.2, -0.15) is 0 Å². The fourth-order valence-corrected chi connectivity index (χ4v) is 4.35. The highest BCUT2D eigenvalue weighted by Crippen LogP contribution is 2.25. The van der Waals surface area contributed by atoms with Crippen molar-refractivity contribution in [1.29, 1.82) is 0 Å². The Morgan fingerprint density at radius 3 is 2.88 bits per heavy atom. The van der Waals surface area contributed by atoms with E-state index in [1.807, 2.05) is 11.4 Å². The number of sulfone groups is 1. The molecule has 0 aliphatic carbocycles. The number of nitrogens with zero attached hydrogens (tertiary/aromatic N) is 1. The average Bonchev–Trinajstić information content (AvgIpc) is 2.73. The third kappa shape index (κ3) is 3.28. The van der Waals surface area contributed by atoms with Crippen LogP contribution in [0, 0.1) is 0 Å². The van der Waals surface area contributed by atoms with Gasteiger partial charge in [-0.3, -0.25) is 4.90 Å². The molecule has 2 heterocycles. The zero-order valence-corrected chi connectivity index (χ0v) is 11.3. The standard InChI is InChI=1S/C11H18N2O2S2/c12-9-10(11-3-1-6-16-11)13-4-2-7-17(14,15)8-5-13/h1,3,6,10H,2,4-5,7-9,12H2. The molecule has 17 heavy (non-hydrogen) atoms. The van der Waals surface area contributed by atoms with E-state index in [1.165, 1.54) is 4.88 Å². The molecule has 1 fully saturated rings. The molecule has 0 aromatic carbocycles. The first kappa shape index (κ1) is 13.0. The Hall–Kier alpha value is -0.430. The molecule has 4 nitrogen and oxygen atoms in total. The molecule has 2 N–H and O–H groups in total. The van der Waals surface area contributed by atoms with Crippen molar-refractivity contribution in [3.63, 3.8) is 0 Å².